The zero-order chi connectivity index (χ0) is 19.8. The average Bonchev–Trinajstić information content (AvgIpc) is 3.57. The van der Waals surface area contributed by atoms with Crippen LogP contribution in [0, 0.1) is 12.8 Å². The van der Waals surface area contributed by atoms with Crippen molar-refractivity contribution in [2.75, 3.05) is 31.1 Å². The number of nitrogens with zero attached hydrogens (tertiary/aromatic N) is 3. The first-order valence-corrected chi connectivity index (χ1v) is 11.3. The molecule has 1 atom stereocenters. The van der Waals surface area contributed by atoms with Gasteiger partial charge in [-0.2, -0.15) is 0 Å². The maximum atomic E-state index is 12.5. The third-order valence-electron chi connectivity index (χ3n) is 6.89. The predicted molar refractivity (Wildman–Crippen MR) is 117 cm³/mol. The van der Waals surface area contributed by atoms with Crippen LogP contribution >= 0.6 is 0 Å². The number of likely N-dealkylation sites (tertiary alicyclic amines) is 1. The van der Waals surface area contributed by atoms with Gasteiger partial charge in [-0.25, -0.2) is 0 Å². The number of piperidine rings is 2. The minimum atomic E-state index is 0.189. The number of fused-ring (bicyclic) bond motifs is 1. The zero-order valence-corrected chi connectivity index (χ0v) is 17.4. The molecule has 0 radical (unpaired) electrons. The van der Waals surface area contributed by atoms with E-state index < -0.39 is 0 Å². The summed E-state index contributed by atoms with van der Waals surface area (Å²) < 4.78 is 0. The Balaban J connectivity index is 1.23. The molecule has 29 heavy (non-hydrogen) atoms. The highest BCUT2D eigenvalue weighted by Gasteiger charge is 2.34. The topological polar surface area (TPSA) is 48.5 Å². The van der Waals surface area contributed by atoms with Crippen molar-refractivity contribution in [1.29, 1.82) is 0 Å². The molecule has 1 aliphatic carbocycles. The van der Waals surface area contributed by atoms with Gasteiger partial charge in [-0.1, -0.05) is 18.2 Å². The quantitative estimate of drug-likeness (QED) is 0.865. The molecule has 154 valence electrons. The van der Waals surface area contributed by atoms with Gasteiger partial charge in [0.1, 0.15) is 0 Å². The number of amides is 1. The van der Waals surface area contributed by atoms with Crippen LogP contribution in [0.3, 0.4) is 0 Å². The third kappa shape index (κ3) is 4.11. The number of para-hydroxylation sites is 1. The minimum Gasteiger partial charge on any atom is -0.371 e. The summed E-state index contributed by atoms with van der Waals surface area (Å²) >= 11 is 0. The second-order valence-electron chi connectivity index (χ2n) is 9.14. The first-order valence-electron chi connectivity index (χ1n) is 11.3. The number of hydrogen-bond acceptors (Lipinski definition) is 4. The standard InChI is InChI=1S/C24H32N4O/c1-17-15-23(21-6-2-3-7-22(21)25-17)27-13-10-20(11-14-27)28-12-4-5-18(16-28)24(29)26-19-8-9-19/h2-3,6-7,15,18-20H,4-5,8-14,16H2,1H3,(H,26,29)/t18-/m0/s1. The number of pyridine rings is 1. The molecule has 0 unspecified atom stereocenters. The van der Waals surface area contributed by atoms with Crippen LogP contribution in [0.5, 0.6) is 0 Å². The number of carbonyl (C=O) groups excluding carboxylic acids is 1. The van der Waals surface area contributed by atoms with Crippen molar-refractivity contribution in [2.24, 2.45) is 5.92 Å². The van der Waals surface area contributed by atoms with E-state index in [9.17, 15) is 4.79 Å². The van der Waals surface area contributed by atoms with E-state index in [4.69, 9.17) is 4.98 Å². The van der Waals surface area contributed by atoms with Gasteiger partial charge in [0.15, 0.2) is 0 Å². The molecule has 5 rings (SSSR count). The maximum absolute atomic E-state index is 12.5. The lowest BCUT2D eigenvalue weighted by Crippen LogP contribution is -2.51. The highest BCUT2D eigenvalue weighted by molar-refractivity contribution is 5.92. The van der Waals surface area contributed by atoms with Crippen molar-refractivity contribution in [1.82, 2.24) is 15.2 Å². The van der Waals surface area contributed by atoms with Crippen molar-refractivity contribution >= 4 is 22.5 Å². The zero-order valence-electron chi connectivity index (χ0n) is 17.4. The molecular formula is C24H32N4O. The highest BCUT2D eigenvalue weighted by atomic mass is 16.2. The SMILES string of the molecule is Cc1cc(N2CCC(N3CCC[C@H](C(=O)NC4CC4)C3)CC2)c2ccccc2n1. The van der Waals surface area contributed by atoms with Gasteiger partial charge in [-0.15, -0.1) is 0 Å². The van der Waals surface area contributed by atoms with Gasteiger partial charge in [0.05, 0.1) is 11.4 Å². The van der Waals surface area contributed by atoms with Crippen LogP contribution in [0.4, 0.5) is 5.69 Å². The summed E-state index contributed by atoms with van der Waals surface area (Å²) in [6.07, 6.45) is 6.89. The number of rotatable bonds is 4. The van der Waals surface area contributed by atoms with E-state index in [0.29, 0.717) is 18.0 Å². The fraction of sp³-hybridized carbons (Fsp3) is 0.583. The van der Waals surface area contributed by atoms with Crippen LogP contribution in [0.15, 0.2) is 30.3 Å². The molecule has 2 aliphatic heterocycles. The lowest BCUT2D eigenvalue weighted by Gasteiger charge is -2.42. The van der Waals surface area contributed by atoms with Gasteiger partial charge in [-0.3, -0.25) is 14.7 Å². The summed E-state index contributed by atoms with van der Waals surface area (Å²) in [5, 5.41) is 4.47. The summed E-state index contributed by atoms with van der Waals surface area (Å²) in [4.78, 5) is 22.4. The van der Waals surface area contributed by atoms with Gasteiger partial charge in [-0.05, 0) is 64.1 Å². The van der Waals surface area contributed by atoms with E-state index in [-0.39, 0.29) is 5.92 Å². The minimum absolute atomic E-state index is 0.189. The maximum Gasteiger partial charge on any atom is 0.224 e. The fourth-order valence-corrected chi connectivity index (χ4v) is 5.12. The molecule has 1 aromatic heterocycles. The number of hydrogen-bond donors (Lipinski definition) is 1. The predicted octanol–water partition coefficient (Wildman–Crippen LogP) is 3.50. The highest BCUT2D eigenvalue weighted by Crippen LogP contribution is 2.31. The summed E-state index contributed by atoms with van der Waals surface area (Å²) in [5.41, 5.74) is 3.50. The molecule has 1 amide bonds. The second-order valence-corrected chi connectivity index (χ2v) is 9.14. The van der Waals surface area contributed by atoms with Gasteiger partial charge < -0.3 is 10.2 Å². The summed E-state index contributed by atoms with van der Waals surface area (Å²) in [6, 6.07) is 11.8. The molecule has 1 aromatic carbocycles. The van der Waals surface area contributed by atoms with E-state index in [2.05, 4.69) is 52.4 Å². The monoisotopic (exact) mass is 392 g/mol. The summed E-state index contributed by atoms with van der Waals surface area (Å²) in [6.45, 7) is 6.33. The van der Waals surface area contributed by atoms with Crippen LogP contribution < -0.4 is 10.2 Å². The molecule has 2 saturated heterocycles. The Labute approximate surface area is 173 Å². The first kappa shape index (κ1) is 18.9. The van der Waals surface area contributed by atoms with E-state index in [1.165, 1.54) is 36.8 Å². The lowest BCUT2D eigenvalue weighted by molar-refractivity contribution is -0.127. The third-order valence-corrected chi connectivity index (χ3v) is 6.89. The van der Waals surface area contributed by atoms with Crippen LogP contribution in [0.2, 0.25) is 0 Å². The smallest absolute Gasteiger partial charge is 0.224 e. The molecule has 2 aromatic rings. The fourth-order valence-electron chi connectivity index (χ4n) is 5.12. The summed E-state index contributed by atoms with van der Waals surface area (Å²) in [5.74, 6) is 0.488. The molecule has 3 fully saturated rings. The number of anilines is 1. The van der Waals surface area contributed by atoms with Crippen molar-refractivity contribution in [3.63, 3.8) is 0 Å². The van der Waals surface area contributed by atoms with E-state index in [0.717, 1.165) is 50.2 Å². The van der Waals surface area contributed by atoms with Crippen molar-refractivity contribution in [3.05, 3.63) is 36.0 Å². The summed E-state index contributed by atoms with van der Waals surface area (Å²) in [7, 11) is 0. The molecule has 0 bridgehead atoms. The second kappa shape index (κ2) is 7.94. The van der Waals surface area contributed by atoms with Crippen LogP contribution in [0.1, 0.15) is 44.2 Å². The van der Waals surface area contributed by atoms with Crippen molar-refractivity contribution in [2.45, 2.75) is 57.5 Å². The Morgan fingerprint density at radius 1 is 1.07 bits per heavy atom. The molecule has 0 spiro atoms. The van der Waals surface area contributed by atoms with Crippen LogP contribution in [0.25, 0.3) is 10.9 Å². The lowest BCUT2D eigenvalue weighted by atomic mass is 9.93. The van der Waals surface area contributed by atoms with Crippen molar-refractivity contribution in [3.8, 4) is 0 Å². The molecule has 1 N–H and O–H groups in total. The Morgan fingerprint density at radius 2 is 1.86 bits per heavy atom. The Kier molecular flexibility index (Phi) is 5.17. The molecule has 1 saturated carbocycles. The number of nitrogens with one attached hydrogen (secondary N) is 1. The molecular weight excluding hydrogens is 360 g/mol. The van der Waals surface area contributed by atoms with Gasteiger partial charge >= 0.3 is 0 Å². The van der Waals surface area contributed by atoms with E-state index in [1.54, 1.807) is 0 Å². The molecule has 3 heterocycles. The van der Waals surface area contributed by atoms with Gasteiger partial charge in [0.25, 0.3) is 0 Å². The number of carbonyl (C=O) groups is 1. The van der Waals surface area contributed by atoms with Crippen molar-refractivity contribution < 1.29 is 4.79 Å². The first-order chi connectivity index (χ1) is 14.2. The van der Waals surface area contributed by atoms with Gasteiger partial charge in [0, 0.05) is 48.5 Å². The number of aromatic nitrogens is 1. The number of benzene rings is 1. The normalized spacial score (nSPS) is 24.0. The molecule has 5 heteroatoms. The molecule has 5 nitrogen and oxygen atoms in total. The van der Waals surface area contributed by atoms with Crippen LogP contribution in [-0.2, 0) is 4.79 Å². The van der Waals surface area contributed by atoms with E-state index >= 15 is 0 Å². The Bertz CT molecular complexity index is 886. The largest absolute Gasteiger partial charge is 0.371 e. The van der Waals surface area contributed by atoms with Crippen LogP contribution in [-0.4, -0.2) is 54.1 Å². The Hall–Kier alpha value is -2.14. The van der Waals surface area contributed by atoms with Gasteiger partial charge in [0.2, 0.25) is 5.91 Å². The molecule has 3 aliphatic rings. The van der Waals surface area contributed by atoms with E-state index in [1.807, 2.05) is 0 Å². The average molecular weight is 393 g/mol. The number of aryl methyl sites for hydroxylation is 1. The Morgan fingerprint density at radius 3 is 2.66 bits per heavy atom.